The minimum atomic E-state index is 0.257. The SMILES string of the molecule is CC(=O)CCc1sc(C)cc1Br. The second-order valence-electron chi connectivity index (χ2n) is 2.83. The van der Waals surface area contributed by atoms with E-state index in [9.17, 15) is 4.79 Å². The molecule has 0 saturated heterocycles. The lowest BCUT2D eigenvalue weighted by molar-refractivity contribution is -0.116. The Bertz CT molecular complexity index is 291. The number of rotatable bonds is 3. The third-order valence-corrected chi connectivity index (χ3v) is 3.66. The van der Waals surface area contributed by atoms with Gasteiger partial charge in [-0.05, 0) is 42.3 Å². The summed E-state index contributed by atoms with van der Waals surface area (Å²) in [6.07, 6.45) is 1.52. The van der Waals surface area contributed by atoms with Crippen LogP contribution in [0.1, 0.15) is 23.1 Å². The smallest absolute Gasteiger partial charge is 0.130 e. The molecule has 3 heteroatoms. The number of aryl methyl sites for hydroxylation is 2. The van der Waals surface area contributed by atoms with Crippen LogP contribution >= 0.6 is 27.3 Å². The van der Waals surface area contributed by atoms with Crippen LogP contribution in [0.5, 0.6) is 0 Å². The number of thiophene rings is 1. The van der Waals surface area contributed by atoms with Crippen LogP contribution in [0.15, 0.2) is 10.5 Å². The molecule has 12 heavy (non-hydrogen) atoms. The second kappa shape index (κ2) is 4.19. The van der Waals surface area contributed by atoms with Gasteiger partial charge in [0.25, 0.3) is 0 Å². The van der Waals surface area contributed by atoms with Crippen LogP contribution in [0.4, 0.5) is 0 Å². The van der Waals surface area contributed by atoms with E-state index in [4.69, 9.17) is 0 Å². The summed E-state index contributed by atoms with van der Waals surface area (Å²) < 4.78 is 1.14. The number of carbonyl (C=O) groups is 1. The summed E-state index contributed by atoms with van der Waals surface area (Å²) in [5.41, 5.74) is 0. The van der Waals surface area contributed by atoms with Gasteiger partial charge in [-0.2, -0.15) is 0 Å². The van der Waals surface area contributed by atoms with E-state index in [0.717, 1.165) is 10.9 Å². The molecule has 0 radical (unpaired) electrons. The van der Waals surface area contributed by atoms with Crippen LogP contribution < -0.4 is 0 Å². The van der Waals surface area contributed by atoms with Gasteiger partial charge in [-0.25, -0.2) is 0 Å². The maximum atomic E-state index is 10.7. The third kappa shape index (κ3) is 2.72. The zero-order valence-corrected chi connectivity index (χ0v) is 9.59. The molecular weight excluding hydrogens is 236 g/mol. The van der Waals surface area contributed by atoms with Gasteiger partial charge in [0.05, 0.1) is 0 Å². The molecule has 1 rings (SSSR count). The summed E-state index contributed by atoms with van der Waals surface area (Å²) in [5, 5.41) is 0. The van der Waals surface area contributed by atoms with Gasteiger partial charge in [0.15, 0.2) is 0 Å². The Labute approximate surface area is 84.9 Å². The normalized spacial score (nSPS) is 10.2. The molecule has 0 aromatic carbocycles. The molecule has 0 atom stereocenters. The lowest BCUT2D eigenvalue weighted by atomic mass is 10.2. The number of Topliss-reactive ketones (excluding diaryl/α,β-unsaturated/α-hetero) is 1. The molecule has 0 unspecified atom stereocenters. The standard InChI is InChI=1S/C9H11BrOS/c1-6(11)3-4-9-8(10)5-7(2)12-9/h5H,3-4H2,1-2H3. The van der Waals surface area contributed by atoms with Gasteiger partial charge in [-0.15, -0.1) is 11.3 Å². The minimum absolute atomic E-state index is 0.257. The Hall–Kier alpha value is -0.150. The third-order valence-electron chi connectivity index (χ3n) is 1.58. The summed E-state index contributed by atoms with van der Waals surface area (Å²) in [6.45, 7) is 3.71. The van der Waals surface area contributed by atoms with Crippen LogP contribution in [0.2, 0.25) is 0 Å². The van der Waals surface area contributed by atoms with Crippen LogP contribution in [0.25, 0.3) is 0 Å². The fraction of sp³-hybridized carbons (Fsp3) is 0.444. The van der Waals surface area contributed by atoms with E-state index >= 15 is 0 Å². The van der Waals surface area contributed by atoms with Crippen LogP contribution in [0.3, 0.4) is 0 Å². The predicted octanol–water partition coefficient (Wildman–Crippen LogP) is 3.34. The zero-order chi connectivity index (χ0) is 9.14. The zero-order valence-electron chi connectivity index (χ0n) is 7.19. The quantitative estimate of drug-likeness (QED) is 0.800. The summed E-state index contributed by atoms with van der Waals surface area (Å²) in [7, 11) is 0. The van der Waals surface area contributed by atoms with E-state index in [1.165, 1.54) is 9.75 Å². The van der Waals surface area contributed by atoms with Crippen molar-refractivity contribution in [1.82, 2.24) is 0 Å². The molecule has 0 bridgehead atoms. The maximum Gasteiger partial charge on any atom is 0.130 e. The first-order chi connectivity index (χ1) is 5.59. The monoisotopic (exact) mass is 246 g/mol. The number of ketones is 1. The predicted molar refractivity (Wildman–Crippen MR) is 55.8 cm³/mol. The van der Waals surface area contributed by atoms with Crippen molar-refractivity contribution in [2.45, 2.75) is 26.7 Å². The van der Waals surface area contributed by atoms with Gasteiger partial charge in [0, 0.05) is 20.6 Å². The van der Waals surface area contributed by atoms with Crippen molar-refractivity contribution >= 4 is 33.0 Å². The molecule has 0 aliphatic carbocycles. The largest absolute Gasteiger partial charge is 0.300 e. The topological polar surface area (TPSA) is 17.1 Å². The molecule has 66 valence electrons. The van der Waals surface area contributed by atoms with Gasteiger partial charge < -0.3 is 4.79 Å². The molecule has 0 aliphatic heterocycles. The van der Waals surface area contributed by atoms with Crippen molar-refractivity contribution in [1.29, 1.82) is 0 Å². The first-order valence-electron chi connectivity index (χ1n) is 3.84. The van der Waals surface area contributed by atoms with E-state index in [-0.39, 0.29) is 5.78 Å². The Kier molecular flexibility index (Phi) is 3.47. The van der Waals surface area contributed by atoms with Gasteiger partial charge >= 0.3 is 0 Å². The highest BCUT2D eigenvalue weighted by atomic mass is 79.9. The highest BCUT2D eigenvalue weighted by molar-refractivity contribution is 9.10. The molecule has 0 N–H and O–H groups in total. The number of hydrogen-bond donors (Lipinski definition) is 0. The molecule has 0 fully saturated rings. The average Bonchev–Trinajstić information content (AvgIpc) is 2.26. The molecule has 0 amide bonds. The fourth-order valence-corrected chi connectivity index (χ4v) is 2.85. The summed E-state index contributed by atoms with van der Waals surface area (Å²) in [4.78, 5) is 13.3. The molecule has 1 heterocycles. The molecule has 1 aromatic rings. The van der Waals surface area contributed by atoms with Gasteiger partial charge in [-0.1, -0.05) is 0 Å². The first-order valence-corrected chi connectivity index (χ1v) is 5.45. The highest BCUT2D eigenvalue weighted by Crippen LogP contribution is 2.27. The lowest BCUT2D eigenvalue weighted by Crippen LogP contribution is -1.91. The average molecular weight is 247 g/mol. The Balaban J connectivity index is 2.62. The summed E-state index contributed by atoms with van der Waals surface area (Å²) in [5.74, 6) is 0.257. The Morgan fingerprint density at radius 2 is 2.33 bits per heavy atom. The van der Waals surface area contributed by atoms with Crippen molar-refractivity contribution in [3.05, 3.63) is 20.3 Å². The van der Waals surface area contributed by atoms with E-state index in [0.29, 0.717) is 6.42 Å². The molecule has 0 aliphatic rings. The van der Waals surface area contributed by atoms with Crippen molar-refractivity contribution in [2.75, 3.05) is 0 Å². The van der Waals surface area contributed by atoms with E-state index in [2.05, 4.69) is 28.9 Å². The summed E-state index contributed by atoms with van der Waals surface area (Å²) >= 11 is 5.22. The summed E-state index contributed by atoms with van der Waals surface area (Å²) in [6, 6.07) is 2.10. The first kappa shape index (κ1) is 9.93. The van der Waals surface area contributed by atoms with Crippen molar-refractivity contribution in [2.24, 2.45) is 0 Å². The van der Waals surface area contributed by atoms with Crippen molar-refractivity contribution in [3.63, 3.8) is 0 Å². The van der Waals surface area contributed by atoms with Crippen molar-refractivity contribution < 1.29 is 4.79 Å². The Morgan fingerprint density at radius 3 is 2.75 bits per heavy atom. The van der Waals surface area contributed by atoms with Gasteiger partial charge in [-0.3, -0.25) is 0 Å². The van der Waals surface area contributed by atoms with Crippen LogP contribution in [-0.2, 0) is 11.2 Å². The fourth-order valence-electron chi connectivity index (χ4n) is 0.992. The van der Waals surface area contributed by atoms with Crippen LogP contribution in [-0.4, -0.2) is 5.78 Å². The second-order valence-corrected chi connectivity index (χ2v) is 5.03. The number of hydrogen-bond acceptors (Lipinski definition) is 2. The molecule has 0 saturated carbocycles. The highest BCUT2D eigenvalue weighted by Gasteiger charge is 2.04. The van der Waals surface area contributed by atoms with E-state index < -0.39 is 0 Å². The molecule has 0 spiro atoms. The van der Waals surface area contributed by atoms with E-state index in [1.54, 1.807) is 18.3 Å². The van der Waals surface area contributed by atoms with E-state index in [1.807, 2.05) is 0 Å². The van der Waals surface area contributed by atoms with Crippen LogP contribution in [0, 0.1) is 6.92 Å². The molecule has 1 nitrogen and oxygen atoms in total. The maximum absolute atomic E-state index is 10.7. The van der Waals surface area contributed by atoms with Gasteiger partial charge in [0.1, 0.15) is 5.78 Å². The van der Waals surface area contributed by atoms with Crippen molar-refractivity contribution in [3.8, 4) is 0 Å². The minimum Gasteiger partial charge on any atom is -0.300 e. The molecular formula is C9H11BrOS. The Morgan fingerprint density at radius 1 is 1.67 bits per heavy atom. The molecule has 1 aromatic heterocycles. The number of halogens is 1. The van der Waals surface area contributed by atoms with Gasteiger partial charge in [0.2, 0.25) is 0 Å². The number of carbonyl (C=O) groups excluding carboxylic acids is 1. The lowest BCUT2D eigenvalue weighted by Gasteiger charge is -1.94.